The standard InChI is InChI=1S/C27H42N2O4S2/c1-26(2,3)34(30)28-19-24-16-11-15-23(33-24)18-27(4,5)35(31)29(20-22-12-7-6-8-13-22)21-25-14-9-10-17-32-25/h6-8,10,12-13,15,17,24-25,28H,9,11,14,16,18-21H2,1-5H3/t24-,25-,34?,35?/m0/s1. The highest BCUT2D eigenvalue weighted by molar-refractivity contribution is 7.91. The fourth-order valence-corrected chi connectivity index (χ4v) is 6.45. The summed E-state index contributed by atoms with van der Waals surface area (Å²) in [4.78, 5) is 0. The van der Waals surface area contributed by atoms with Gasteiger partial charge in [0.15, 0.2) is 0 Å². The van der Waals surface area contributed by atoms with Crippen molar-refractivity contribution in [3.8, 4) is 0 Å². The molecule has 2 aliphatic heterocycles. The van der Waals surface area contributed by atoms with Crippen LogP contribution in [0.25, 0.3) is 0 Å². The lowest BCUT2D eigenvalue weighted by atomic mass is 10.0. The summed E-state index contributed by atoms with van der Waals surface area (Å²) >= 11 is -2.39. The Kier molecular flexibility index (Phi) is 10.5. The van der Waals surface area contributed by atoms with E-state index in [1.807, 2.05) is 63.2 Å². The molecule has 0 saturated carbocycles. The molecule has 8 heteroatoms. The van der Waals surface area contributed by atoms with Crippen molar-refractivity contribution in [2.24, 2.45) is 0 Å². The molecule has 1 aromatic rings. The van der Waals surface area contributed by atoms with Gasteiger partial charge in [-0.3, -0.25) is 0 Å². The molecule has 1 aromatic carbocycles. The van der Waals surface area contributed by atoms with Crippen LogP contribution in [0.2, 0.25) is 0 Å². The summed E-state index contributed by atoms with van der Waals surface area (Å²) in [6.07, 6.45) is 10.2. The lowest BCUT2D eigenvalue weighted by Gasteiger charge is -2.38. The Balaban J connectivity index is 1.63. The van der Waals surface area contributed by atoms with E-state index in [1.165, 1.54) is 0 Å². The van der Waals surface area contributed by atoms with Gasteiger partial charge in [0.05, 0.1) is 38.1 Å². The van der Waals surface area contributed by atoms with E-state index >= 15 is 0 Å². The van der Waals surface area contributed by atoms with Gasteiger partial charge in [0.25, 0.3) is 0 Å². The summed E-state index contributed by atoms with van der Waals surface area (Å²) in [6.45, 7) is 11.7. The minimum Gasteiger partial charge on any atom is -0.598 e. The summed E-state index contributed by atoms with van der Waals surface area (Å²) in [7, 11) is 0. The monoisotopic (exact) mass is 522 g/mol. The molecule has 1 N–H and O–H groups in total. The molecule has 0 saturated heterocycles. The first-order valence-corrected chi connectivity index (χ1v) is 14.8. The lowest BCUT2D eigenvalue weighted by molar-refractivity contribution is 0.0882. The van der Waals surface area contributed by atoms with Crippen molar-refractivity contribution in [2.75, 3.05) is 13.1 Å². The molecule has 3 rings (SSSR count). The van der Waals surface area contributed by atoms with Crippen molar-refractivity contribution in [2.45, 2.75) is 95.0 Å². The Labute approximate surface area is 218 Å². The van der Waals surface area contributed by atoms with Gasteiger partial charge in [0.1, 0.15) is 21.7 Å². The molecule has 196 valence electrons. The molecular weight excluding hydrogens is 480 g/mol. The second-order valence-corrected chi connectivity index (χ2v) is 15.1. The highest BCUT2D eigenvalue weighted by atomic mass is 32.2. The topological polar surface area (TPSA) is 79.8 Å². The van der Waals surface area contributed by atoms with E-state index in [-0.39, 0.29) is 17.0 Å². The smallest absolute Gasteiger partial charge is 0.146 e. The maximum Gasteiger partial charge on any atom is 0.146 e. The summed E-state index contributed by atoms with van der Waals surface area (Å²) in [5.41, 5.74) is 1.13. The number of rotatable bonds is 11. The Morgan fingerprint density at radius 3 is 2.40 bits per heavy atom. The number of ether oxygens (including phenoxy) is 2. The Morgan fingerprint density at radius 2 is 1.74 bits per heavy atom. The van der Waals surface area contributed by atoms with Gasteiger partial charge in [0, 0.05) is 22.7 Å². The van der Waals surface area contributed by atoms with Gasteiger partial charge >= 0.3 is 0 Å². The van der Waals surface area contributed by atoms with E-state index in [9.17, 15) is 9.11 Å². The highest BCUT2D eigenvalue weighted by Crippen LogP contribution is 2.33. The van der Waals surface area contributed by atoms with Crippen LogP contribution in [-0.4, -0.2) is 48.2 Å². The first-order valence-electron chi connectivity index (χ1n) is 12.6. The fourth-order valence-electron chi connectivity index (χ4n) is 4.15. The first-order chi connectivity index (χ1) is 16.5. The van der Waals surface area contributed by atoms with Crippen LogP contribution in [0.4, 0.5) is 0 Å². The van der Waals surface area contributed by atoms with E-state index in [0.717, 1.165) is 37.0 Å². The number of hydrogen-bond acceptors (Lipinski definition) is 6. The normalized spacial score (nSPS) is 22.8. The van der Waals surface area contributed by atoms with Crippen LogP contribution in [0.3, 0.4) is 0 Å². The average Bonchev–Trinajstić information content (AvgIpc) is 2.82. The third kappa shape index (κ3) is 9.02. The largest absolute Gasteiger partial charge is 0.598 e. The van der Waals surface area contributed by atoms with Gasteiger partial charge in [-0.1, -0.05) is 30.3 Å². The van der Waals surface area contributed by atoms with Crippen molar-refractivity contribution in [3.63, 3.8) is 0 Å². The quantitative estimate of drug-likeness (QED) is 0.406. The summed E-state index contributed by atoms with van der Waals surface area (Å²) in [6, 6.07) is 10.2. The molecule has 0 spiro atoms. The fraction of sp³-hybridized carbons (Fsp3) is 0.630. The predicted molar refractivity (Wildman–Crippen MR) is 145 cm³/mol. The van der Waals surface area contributed by atoms with Crippen LogP contribution in [-0.2, 0) is 38.7 Å². The van der Waals surface area contributed by atoms with E-state index in [1.54, 1.807) is 6.26 Å². The van der Waals surface area contributed by atoms with E-state index in [4.69, 9.17) is 9.47 Å². The van der Waals surface area contributed by atoms with Gasteiger partial charge < -0.3 is 18.6 Å². The average molecular weight is 523 g/mol. The molecule has 0 amide bonds. The molecule has 0 fully saturated rings. The van der Waals surface area contributed by atoms with Gasteiger partial charge in [-0.05, 0) is 78.0 Å². The van der Waals surface area contributed by atoms with E-state index < -0.39 is 27.5 Å². The minimum absolute atomic E-state index is 0.0339. The van der Waals surface area contributed by atoms with Gasteiger partial charge in [0.2, 0.25) is 0 Å². The van der Waals surface area contributed by atoms with Crippen molar-refractivity contribution in [1.82, 2.24) is 9.03 Å². The maximum absolute atomic E-state index is 14.0. The molecule has 0 aromatic heterocycles. The van der Waals surface area contributed by atoms with Gasteiger partial charge in [-0.25, -0.2) is 0 Å². The zero-order chi connectivity index (χ0) is 25.5. The summed E-state index contributed by atoms with van der Waals surface area (Å²) < 4.78 is 42.7. The molecule has 6 nitrogen and oxygen atoms in total. The Morgan fingerprint density at radius 1 is 1.03 bits per heavy atom. The maximum atomic E-state index is 14.0. The summed E-state index contributed by atoms with van der Waals surface area (Å²) in [5.74, 6) is 0.874. The summed E-state index contributed by atoms with van der Waals surface area (Å²) in [5, 5.41) is 0. The first kappa shape index (κ1) is 28.4. The molecular formula is C27H42N2O4S2. The molecule has 2 aliphatic rings. The highest BCUT2D eigenvalue weighted by Gasteiger charge is 2.41. The lowest BCUT2D eigenvalue weighted by Crippen LogP contribution is -2.48. The predicted octanol–water partition coefficient (Wildman–Crippen LogP) is 5.13. The molecule has 2 unspecified atom stereocenters. The number of benzene rings is 1. The number of allylic oxidation sites excluding steroid dienone is 3. The molecule has 0 bridgehead atoms. The van der Waals surface area contributed by atoms with Crippen LogP contribution in [0, 0.1) is 0 Å². The second-order valence-electron chi connectivity index (χ2n) is 10.9. The Bertz CT molecular complexity index is 841. The molecule has 0 radical (unpaired) electrons. The van der Waals surface area contributed by atoms with Gasteiger partial charge in [-0.15, -0.1) is 9.03 Å². The van der Waals surface area contributed by atoms with Crippen molar-refractivity contribution < 1.29 is 18.6 Å². The molecule has 0 aliphatic carbocycles. The Hall–Kier alpha value is -1.16. The van der Waals surface area contributed by atoms with E-state index in [0.29, 0.717) is 26.1 Å². The van der Waals surface area contributed by atoms with Crippen LogP contribution in [0.1, 0.15) is 72.3 Å². The van der Waals surface area contributed by atoms with Crippen molar-refractivity contribution >= 4 is 22.7 Å². The van der Waals surface area contributed by atoms with Crippen LogP contribution in [0.15, 0.2) is 54.5 Å². The van der Waals surface area contributed by atoms with Gasteiger partial charge in [-0.2, -0.15) is 0 Å². The SMILES string of the molecule is CC(C)(C)[S+]([O-])NC[C@@H]1CCC=C(CC(C)(C)[S+]([O-])N(Cc2ccccc2)C[C@@H]2CCC=CO2)O1. The number of hydrogen-bond donors (Lipinski definition) is 1. The third-order valence-corrected chi connectivity index (χ3v) is 9.49. The third-order valence-electron chi connectivity index (χ3n) is 6.12. The van der Waals surface area contributed by atoms with Crippen LogP contribution >= 0.6 is 0 Å². The van der Waals surface area contributed by atoms with E-state index in [2.05, 4.69) is 22.9 Å². The van der Waals surface area contributed by atoms with Crippen LogP contribution in [0.5, 0.6) is 0 Å². The minimum atomic E-state index is -1.26. The number of nitrogens with one attached hydrogen (secondary N) is 1. The molecule has 35 heavy (non-hydrogen) atoms. The number of nitrogens with zero attached hydrogens (tertiary/aromatic N) is 1. The van der Waals surface area contributed by atoms with Crippen molar-refractivity contribution in [1.29, 1.82) is 0 Å². The molecule has 2 heterocycles. The van der Waals surface area contributed by atoms with Crippen LogP contribution < -0.4 is 4.72 Å². The molecule has 4 atom stereocenters. The zero-order valence-electron chi connectivity index (χ0n) is 21.8. The second kappa shape index (κ2) is 12.9. The van der Waals surface area contributed by atoms with Crippen molar-refractivity contribution in [3.05, 3.63) is 60.1 Å². The zero-order valence-corrected chi connectivity index (χ0v) is 23.5.